The monoisotopic (exact) mass is 360 g/mol. The molecule has 2 aromatic rings. The van der Waals surface area contributed by atoms with Crippen molar-refractivity contribution in [1.29, 1.82) is 0 Å². The topological polar surface area (TPSA) is 101 Å². The van der Waals surface area contributed by atoms with E-state index in [1.165, 1.54) is 0 Å². The predicted octanol–water partition coefficient (Wildman–Crippen LogP) is 2.20. The zero-order valence-corrected chi connectivity index (χ0v) is 15.2. The van der Waals surface area contributed by atoms with Crippen LogP contribution in [0.2, 0.25) is 0 Å². The summed E-state index contributed by atoms with van der Waals surface area (Å²) >= 11 is 0. The maximum atomic E-state index is 5.87. The molecule has 1 fully saturated rings. The summed E-state index contributed by atoms with van der Waals surface area (Å²) in [5.41, 5.74) is 7.73. The first-order chi connectivity index (χ1) is 12.6. The van der Waals surface area contributed by atoms with Crippen molar-refractivity contribution in [3.63, 3.8) is 0 Å². The van der Waals surface area contributed by atoms with E-state index in [1.807, 2.05) is 18.2 Å². The zero-order valence-electron chi connectivity index (χ0n) is 15.2. The zero-order chi connectivity index (χ0) is 18.5. The van der Waals surface area contributed by atoms with Crippen molar-refractivity contribution in [2.75, 3.05) is 45.6 Å². The summed E-state index contributed by atoms with van der Waals surface area (Å²) in [7, 11) is 4.77. The highest BCUT2D eigenvalue weighted by Crippen LogP contribution is 2.38. The second-order valence-electron chi connectivity index (χ2n) is 5.98. The van der Waals surface area contributed by atoms with Crippen LogP contribution in [0.25, 0.3) is 0 Å². The van der Waals surface area contributed by atoms with E-state index in [0.717, 1.165) is 24.3 Å². The minimum Gasteiger partial charge on any atom is -0.493 e. The number of nitrogens with two attached hydrogens (primary N) is 1. The smallest absolute Gasteiger partial charge is 0.222 e. The molecule has 0 spiro atoms. The number of ether oxygens (including phenoxy) is 4. The molecule has 1 atom stereocenters. The largest absolute Gasteiger partial charge is 0.493 e. The molecule has 2 heterocycles. The summed E-state index contributed by atoms with van der Waals surface area (Å²) in [6.07, 6.45) is 0.947. The Bertz CT molecular complexity index is 738. The Balaban J connectivity index is 1.78. The molecule has 0 radical (unpaired) electrons. The lowest BCUT2D eigenvalue weighted by Gasteiger charge is -2.15. The van der Waals surface area contributed by atoms with Gasteiger partial charge < -0.3 is 30.0 Å². The number of nitrogen functional groups attached to an aromatic ring is 1. The summed E-state index contributed by atoms with van der Waals surface area (Å²) in [6.45, 7) is 1.94. The van der Waals surface area contributed by atoms with Crippen LogP contribution in [0.5, 0.6) is 17.2 Å². The molecule has 140 valence electrons. The van der Waals surface area contributed by atoms with Crippen LogP contribution in [-0.2, 0) is 11.3 Å². The van der Waals surface area contributed by atoms with E-state index in [2.05, 4.69) is 15.3 Å². The van der Waals surface area contributed by atoms with Crippen molar-refractivity contribution in [1.82, 2.24) is 9.97 Å². The number of rotatable bonds is 7. The van der Waals surface area contributed by atoms with Gasteiger partial charge in [0.1, 0.15) is 5.82 Å². The molecule has 8 heteroatoms. The first-order valence-corrected chi connectivity index (χ1v) is 8.39. The van der Waals surface area contributed by atoms with Gasteiger partial charge in [-0.3, -0.25) is 0 Å². The fourth-order valence-corrected chi connectivity index (χ4v) is 2.98. The molecule has 8 nitrogen and oxygen atoms in total. The molecule has 3 rings (SSSR count). The second-order valence-corrected chi connectivity index (χ2v) is 5.98. The third-order valence-electron chi connectivity index (χ3n) is 4.31. The molecule has 0 saturated carbocycles. The van der Waals surface area contributed by atoms with E-state index in [4.69, 9.17) is 24.7 Å². The van der Waals surface area contributed by atoms with Crippen molar-refractivity contribution >= 4 is 11.8 Å². The Morgan fingerprint density at radius 1 is 1.12 bits per heavy atom. The van der Waals surface area contributed by atoms with Gasteiger partial charge in [-0.15, -0.1) is 0 Å². The van der Waals surface area contributed by atoms with Gasteiger partial charge in [-0.25, -0.2) is 4.98 Å². The number of nitrogens with one attached hydrogen (secondary N) is 1. The van der Waals surface area contributed by atoms with Gasteiger partial charge in [0.15, 0.2) is 11.5 Å². The average Bonchev–Trinajstić information content (AvgIpc) is 3.19. The molecule has 1 aliphatic heterocycles. The Labute approximate surface area is 152 Å². The van der Waals surface area contributed by atoms with Gasteiger partial charge in [0.25, 0.3) is 0 Å². The Kier molecular flexibility index (Phi) is 5.62. The Hall–Kier alpha value is -2.74. The van der Waals surface area contributed by atoms with E-state index >= 15 is 0 Å². The lowest BCUT2D eigenvalue weighted by atomic mass is 10.0. The van der Waals surface area contributed by atoms with Crippen LogP contribution in [0.4, 0.5) is 11.8 Å². The first-order valence-electron chi connectivity index (χ1n) is 8.39. The van der Waals surface area contributed by atoms with E-state index in [1.54, 1.807) is 21.3 Å². The summed E-state index contributed by atoms with van der Waals surface area (Å²) in [6, 6.07) is 5.71. The quantitative estimate of drug-likeness (QED) is 0.775. The SMILES string of the molecule is COc1cc(CNc2cc(C3CCOC3)nc(N)n2)cc(OC)c1OC. The van der Waals surface area contributed by atoms with Crippen LogP contribution in [0.3, 0.4) is 0 Å². The minimum atomic E-state index is 0.252. The molecule has 1 aromatic carbocycles. The second kappa shape index (κ2) is 8.09. The molecule has 1 aromatic heterocycles. The van der Waals surface area contributed by atoms with E-state index in [0.29, 0.717) is 36.2 Å². The third-order valence-corrected chi connectivity index (χ3v) is 4.31. The molecule has 1 saturated heterocycles. The van der Waals surface area contributed by atoms with Gasteiger partial charge in [-0.2, -0.15) is 4.98 Å². The fraction of sp³-hybridized carbons (Fsp3) is 0.444. The molecule has 1 aliphatic rings. The van der Waals surface area contributed by atoms with Gasteiger partial charge in [0.05, 0.1) is 33.6 Å². The van der Waals surface area contributed by atoms with Crippen LogP contribution in [0.15, 0.2) is 18.2 Å². The summed E-state index contributed by atoms with van der Waals surface area (Å²) in [5.74, 6) is 2.97. The van der Waals surface area contributed by atoms with Gasteiger partial charge in [-0.05, 0) is 24.1 Å². The molecular weight excluding hydrogens is 336 g/mol. The van der Waals surface area contributed by atoms with E-state index in [-0.39, 0.29) is 11.9 Å². The highest BCUT2D eigenvalue weighted by atomic mass is 16.5. The first kappa shape index (κ1) is 18.1. The summed E-state index contributed by atoms with van der Waals surface area (Å²) in [4.78, 5) is 8.61. The van der Waals surface area contributed by atoms with Crippen molar-refractivity contribution in [2.45, 2.75) is 18.9 Å². The molecule has 0 bridgehead atoms. The fourth-order valence-electron chi connectivity index (χ4n) is 2.98. The van der Waals surface area contributed by atoms with Crippen molar-refractivity contribution < 1.29 is 18.9 Å². The highest BCUT2D eigenvalue weighted by molar-refractivity contribution is 5.54. The number of nitrogens with zero attached hydrogens (tertiary/aromatic N) is 2. The van der Waals surface area contributed by atoms with Gasteiger partial charge in [-0.1, -0.05) is 0 Å². The maximum Gasteiger partial charge on any atom is 0.222 e. The van der Waals surface area contributed by atoms with Gasteiger partial charge in [0, 0.05) is 25.1 Å². The van der Waals surface area contributed by atoms with Crippen LogP contribution >= 0.6 is 0 Å². The van der Waals surface area contributed by atoms with Crippen molar-refractivity contribution in [3.8, 4) is 17.2 Å². The molecular formula is C18H24N4O4. The normalized spacial score (nSPS) is 16.3. The molecule has 0 aliphatic carbocycles. The van der Waals surface area contributed by atoms with Crippen LogP contribution in [-0.4, -0.2) is 44.5 Å². The summed E-state index contributed by atoms with van der Waals surface area (Å²) < 4.78 is 21.5. The van der Waals surface area contributed by atoms with Gasteiger partial charge in [0.2, 0.25) is 11.7 Å². The number of benzene rings is 1. The molecule has 0 amide bonds. The van der Waals surface area contributed by atoms with Crippen LogP contribution in [0.1, 0.15) is 23.6 Å². The number of hydrogen-bond donors (Lipinski definition) is 2. The lowest BCUT2D eigenvalue weighted by Crippen LogP contribution is -2.09. The average molecular weight is 360 g/mol. The molecule has 26 heavy (non-hydrogen) atoms. The van der Waals surface area contributed by atoms with Crippen molar-refractivity contribution in [3.05, 3.63) is 29.5 Å². The highest BCUT2D eigenvalue weighted by Gasteiger charge is 2.20. The standard InChI is InChI=1S/C18H24N4O4/c1-23-14-6-11(7-15(24-2)17(14)25-3)9-20-16-8-13(21-18(19)22-16)12-4-5-26-10-12/h6-8,12H,4-5,9-10H2,1-3H3,(H3,19,20,21,22). The molecule has 3 N–H and O–H groups in total. The number of aromatic nitrogens is 2. The van der Waals surface area contributed by atoms with E-state index in [9.17, 15) is 0 Å². The maximum absolute atomic E-state index is 5.87. The van der Waals surface area contributed by atoms with E-state index < -0.39 is 0 Å². The van der Waals surface area contributed by atoms with Crippen LogP contribution < -0.4 is 25.3 Å². The third kappa shape index (κ3) is 3.91. The summed E-state index contributed by atoms with van der Waals surface area (Å²) in [5, 5.41) is 3.28. The number of hydrogen-bond acceptors (Lipinski definition) is 8. The van der Waals surface area contributed by atoms with Gasteiger partial charge >= 0.3 is 0 Å². The Morgan fingerprint density at radius 3 is 2.42 bits per heavy atom. The number of anilines is 2. The predicted molar refractivity (Wildman–Crippen MR) is 98.0 cm³/mol. The van der Waals surface area contributed by atoms with Crippen molar-refractivity contribution in [2.24, 2.45) is 0 Å². The minimum absolute atomic E-state index is 0.252. The Morgan fingerprint density at radius 2 is 1.85 bits per heavy atom. The molecule has 1 unspecified atom stereocenters. The lowest BCUT2D eigenvalue weighted by molar-refractivity contribution is 0.193. The van der Waals surface area contributed by atoms with Crippen LogP contribution in [0, 0.1) is 0 Å². The number of methoxy groups -OCH3 is 3.